The van der Waals surface area contributed by atoms with Crippen molar-refractivity contribution < 1.29 is 39.9 Å². The minimum absolute atomic E-state index is 0.285. The fourth-order valence-corrected chi connectivity index (χ4v) is 5.02. The van der Waals surface area contributed by atoms with Crippen LogP contribution in [0.2, 0.25) is 0 Å². The Kier molecular flexibility index (Phi) is 7.30. The number of hydrogen-bond acceptors (Lipinski definition) is 7. The van der Waals surface area contributed by atoms with Crippen LogP contribution in [0, 0.1) is 0 Å². The summed E-state index contributed by atoms with van der Waals surface area (Å²) in [6, 6.07) is 9.14. The zero-order valence-corrected chi connectivity index (χ0v) is 18.1. The van der Waals surface area contributed by atoms with Gasteiger partial charge in [0.05, 0.1) is 10.6 Å². The van der Waals surface area contributed by atoms with Gasteiger partial charge in [0.2, 0.25) is 10.0 Å². The van der Waals surface area contributed by atoms with Gasteiger partial charge in [0, 0.05) is 10.9 Å². The van der Waals surface area contributed by atoms with Gasteiger partial charge in [-0.2, -0.15) is 13.2 Å². The minimum Gasteiger partial charge on any atom is -0.480 e. The van der Waals surface area contributed by atoms with Crippen LogP contribution in [0.4, 0.5) is 18.9 Å². The van der Waals surface area contributed by atoms with Gasteiger partial charge in [-0.1, -0.05) is 18.2 Å². The number of hydrogen-bond donors (Lipinski definition) is 3. The Morgan fingerprint density at radius 3 is 2.16 bits per heavy atom. The molecule has 2 aromatic carbocycles. The van der Waals surface area contributed by atoms with Crippen LogP contribution in [-0.4, -0.2) is 44.7 Å². The van der Waals surface area contributed by atoms with Crippen LogP contribution in [0.25, 0.3) is 0 Å². The Labute approximate surface area is 180 Å². The van der Waals surface area contributed by atoms with Crippen molar-refractivity contribution in [3.05, 3.63) is 48.5 Å². The number of carbonyl (C=O) groups is 1. The summed E-state index contributed by atoms with van der Waals surface area (Å²) in [5.74, 6) is -1.30. The lowest BCUT2D eigenvalue weighted by molar-refractivity contribution is -0.136. The number of carboxylic acid groups (broad SMARTS) is 1. The predicted molar refractivity (Wildman–Crippen MR) is 108 cm³/mol. The van der Waals surface area contributed by atoms with Gasteiger partial charge in [-0.25, -0.2) is 22.0 Å². The maximum Gasteiger partial charge on any atom is 0.501 e. The summed E-state index contributed by atoms with van der Waals surface area (Å²) in [5.41, 5.74) is -6.34. The summed E-state index contributed by atoms with van der Waals surface area (Å²) < 4.78 is 86.4. The highest BCUT2D eigenvalue weighted by Gasteiger charge is 2.48. The highest BCUT2D eigenvalue weighted by molar-refractivity contribution is 8.00. The van der Waals surface area contributed by atoms with E-state index in [1.807, 2.05) is 0 Å². The molecule has 2 aromatic rings. The Morgan fingerprint density at radius 1 is 1.10 bits per heavy atom. The van der Waals surface area contributed by atoms with Gasteiger partial charge >= 0.3 is 11.5 Å². The van der Waals surface area contributed by atoms with Gasteiger partial charge in [-0.05, 0) is 37.3 Å². The molecule has 0 aliphatic rings. The Balaban J connectivity index is 2.50. The second kappa shape index (κ2) is 9.06. The Morgan fingerprint density at radius 2 is 1.68 bits per heavy atom. The summed E-state index contributed by atoms with van der Waals surface area (Å²) in [5, 5.41) is 15.7. The van der Waals surface area contributed by atoms with Gasteiger partial charge in [-0.3, -0.25) is 4.79 Å². The van der Waals surface area contributed by atoms with E-state index in [0.717, 1.165) is 23.9 Å². The molecule has 0 heterocycles. The summed E-state index contributed by atoms with van der Waals surface area (Å²) in [4.78, 5) is 10.0. The lowest BCUT2D eigenvalue weighted by Crippen LogP contribution is -2.35. The van der Waals surface area contributed by atoms with Crippen molar-refractivity contribution in [3.63, 3.8) is 0 Å². The molecule has 0 saturated carbocycles. The number of sulfonamides is 1. The van der Waals surface area contributed by atoms with Crippen LogP contribution in [0.15, 0.2) is 63.2 Å². The molecular weight excluding hydrogens is 481 g/mol. The molecule has 2 unspecified atom stereocenters. The molecule has 8 nitrogen and oxygen atoms in total. The standard InChI is InChI=1S/C17H17F3N2O6S3/c1-10(15(16(23)24)29-11-5-3-2-4-6-11)22-13-8-7-12(31(21,27)28)9-14(13)30(25,26)17(18,19)20/h2-10,15,22H,1H3,(H,23,24)(H2,21,27,28). The average Bonchev–Trinajstić information content (AvgIpc) is 2.65. The summed E-state index contributed by atoms with van der Waals surface area (Å²) in [7, 11) is -10.5. The predicted octanol–water partition coefficient (Wildman–Crippen LogP) is 2.67. The van der Waals surface area contributed by atoms with Crippen molar-refractivity contribution in [2.45, 2.75) is 38.4 Å². The number of sulfone groups is 1. The third-order valence-electron chi connectivity index (χ3n) is 3.96. The molecule has 14 heteroatoms. The second-order valence-electron chi connectivity index (χ2n) is 6.27. The van der Waals surface area contributed by atoms with E-state index in [0.29, 0.717) is 4.90 Å². The fraction of sp³-hybridized carbons (Fsp3) is 0.235. The number of thioether (sulfide) groups is 1. The molecule has 170 valence electrons. The molecule has 0 aliphatic carbocycles. The maximum atomic E-state index is 13.1. The molecule has 0 spiro atoms. The van der Waals surface area contributed by atoms with E-state index in [9.17, 15) is 39.9 Å². The normalized spacial score (nSPS) is 14.6. The van der Waals surface area contributed by atoms with Crippen molar-refractivity contribution in [1.82, 2.24) is 0 Å². The topological polar surface area (TPSA) is 144 Å². The smallest absolute Gasteiger partial charge is 0.480 e. The number of nitrogens with two attached hydrogens (primary N) is 1. The molecule has 2 atom stereocenters. The lowest BCUT2D eigenvalue weighted by atomic mass is 10.2. The molecule has 0 aliphatic heterocycles. The number of nitrogens with one attached hydrogen (secondary N) is 1. The first kappa shape index (κ1) is 25.0. The number of aliphatic carboxylic acids is 1. The molecule has 0 radical (unpaired) electrons. The van der Waals surface area contributed by atoms with Gasteiger partial charge in [0.1, 0.15) is 10.1 Å². The van der Waals surface area contributed by atoms with Crippen LogP contribution in [0.1, 0.15) is 6.92 Å². The van der Waals surface area contributed by atoms with Crippen LogP contribution in [-0.2, 0) is 24.7 Å². The monoisotopic (exact) mass is 498 g/mol. The molecule has 0 bridgehead atoms. The van der Waals surface area contributed by atoms with Crippen molar-refractivity contribution in [2.75, 3.05) is 5.32 Å². The van der Waals surface area contributed by atoms with E-state index in [2.05, 4.69) is 5.32 Å². The fourth-order valence-electron chi connectivity index (χ4n) is 2.48. The molecule has 0 fully saturated rings. The first-order valence-corrected chi connectivity index (χ1v) is 12.2. The number of halogens is 3. The van der Waals surface area contributed by atoms with Gasteiger partial charge < -0.3 is 10.4 Å². The Bertz CT molecular complexity index is 1170. The second-order valence-corrected chi connectivity index (χ2v) is 11.0. The Hall–Kier alpha value is -2.29. The van der Waals surface area contributed by atoms with E-state index in [1.165, 1.54) is 6.92 Å². The lowest BCUT2D eigenvalue weighted by Gasteiger charge is -2.24. The highest BCUT2D eigenvalue weighted by Crippen LogP contribution is 2.36. The zero-order chi connectivity index (χ0) is 23.6. The van der Waals surface area contributed by atoms with Gasteiger partial charge in [0.25, 0.3) is 9.84 Å². The third kappa shape index (κ3) is 5.90. The molecule has 31 heavy (non-hydrogen) atoms. The first-order chi connectivity index (χ1) is 14.1. The number of carboxylic acids is 1. The van der Waals surface area contributed by atoms with Crippen molar-refractivity contribution in [3.8, 4) is 0 Å². The molecule has 0 saturated heterocycles. The number of rotatable bonds is 8. The molecule has 0 amide bonds. The molecule has 2 rings (SSSR count). The first-order valence-electron chi connectivity index (χ1n) is 8.34. The van der Waals surface area contributed by atoms with E-state index >= 15 is 0 Å². The summed E-state index contributed by atoms with van der Waals surface area (Å²) in [6.45, 7) is 1.34. The van der Waals surface area contributed by atoms with E-state index in [-0.39, 0.29) is 6.07 Å². The van der Waals surface area contributed by atoms with Gasteiger partial charge in [0.15, 0.2) is 0 Å². The van der Waals surface area contributed by atoms with Crippen molar-refractivity contribution in [1.29, 1.82) is 0 Å². The van der Waals surface area contributed by atoms with Crippen molar-refractivity contribution in [2.24, 2.45) is 5.14 Å². The maximum absolute atomic E-state index is 13.1. The van der Waals surface area contributed by atoms with E-state index in [4.69, 9.17) is 5.14 Å². The SMILES string of the molecule is CC(Nc1ccc(S(N)(=O)=O)cc1S(=O)(=O)C(F)(F)F)C(Sc1ccccc1)C(=O)O. The third-order valence-corrected chi connectivity index (χ3v) is 7.81. The highest BCUT2D eigenvalue weighted by atomic mass is 32.2. The minimum atomic E-state index is -5.98. The van der Waals surface area contributed by atoms with E-state index < -0.39 is 58.1 Å². The quantitative estimate of drug-likeness (QED) is 0.471. The summed E-state index contributed by atoms with van der Waals surface area (Å²) in [6.07, 6.45) is 0. The number of anilines is 1. The van der Waals surface area contributed by atoms with Crippen LogP contribution < -0.4 is 10.5 Å². The zero-order valence-electron chi connectivity index (χ0n) is 15.7. The van der Waals surface area contributed by atoms with E-state index in [1.54, 1.807) is 30.3 Å². The summed E-state index contributed by atoms with van der Waals surface area (Å²) >= 11 is 0.901. The van der Waals surface area contributed by atoms with Crippen LogP contribution >= 0.6 is 11.8 Å². The number of benzene rings is 2. The molecule has 0 aromatic heterocycles. The molecule has 4 N–H and O–H groups in total. The average molecular weight is 499 g/mol. The molecular formula is C17H17F3N2O6S3. The number of alkyl halides is 3. The van der Waals surface area contributed by atoms with Crippen LogP contribution in [0.3, 0.4) is 0 Å². The largest absolute Gasteiger partial charge is 0.501 e. The van der Waals surface area contributed by atoms with Crippen LogP contribution in [0.5, 0.6) is 0 Å². The van der Waals surface area contributed by atoms with Gasteiger partial charge in [-0.15, -0.1) is 11.8 Å². The van der Waals surface area contributed by atoms with Crippen molar-refractivity contribution >= 4 is 43.3 Å². The number of primary sulfonamides is 1.